The van der Waals surface area contributed by atoms with Gasteiger partial charge in [0.25, 0.3) is 0 Å². The fourth-order valence-electron chi connectivity index (χ4n) is 2.58. The van der Waals surface area contributed by atoms with E-state index >= 15 is 0 Å². The van der Waals surface area contributed by atoms with Gasteiger partial charge in [0.15, 0.2) is 5.69 Å². The van der Waals surface area contributed by atoms with Crippen molar-refractivity contribution in [1.82, 2.24) is 4.98 Å². The van der Waals surface area contributed by atoms with E-state index < -0.39 is 5.97 Å². The van der Waals surface area contributed by atoms with Gasteiger partial charge in [-0.3, -0.25) is 0 Å². The van der Waals surface area contributed by atoms with Crippen molar-refractivity contribution in [1.29, 1.82) is 0 Å². The van der Waals surface area contributed by atoms with Crippen LogP contribution in [0.2, 0.25) is 30.1 Å². The number of nitrogens with zero attached hydrogens (tertiary/aromatic N) is 1. The molecule has 0 saturated carbocycles. The number of hydrogen-bond acceptors (Lipinski definition) is 2. The molecule has 0 unspecified atom stereocenters. The van der Waals surface area contributed by atoms with Gasteiger partial charge < -0.3 is 5.11 Å². The Bertz CT molecular complexity index is 1040. The summed E-state index contributed by atoms with van der Waals surface area (Å²) < 4.78 is 0. The number of halogens is 6. The molecule has 0 saturated heterocycles. The van der Waals surface area contributed by atoms with Crippen LogP contribution in [0.15, 0.2) is 36.5 Å². The van der Waals surface area contributed by atoms with E-state index in [-0.39, 0.29) is 36.9 Å². The highest BCUT2D eigenvalue weighted by atomic mass is 35.5. The summed E-state index contributed by atoms with van der Waals surface area (Å²) in [5.74, 6) is -1.24. The van der Waals surface area contributed by atoms with Crippen LogP contribution in [0.1, 0.15) is 10.5 Å². The summed E-state index contributed by atoms with van der Waals surface area (Å²) >= 11 is 37.0. The van der Waals surface area contributed by atoms with Crippen LogP contribution >= 0.6 is 69.6 Å². The molecule has 27 heavy (non-hydrogen) atoms. The van der Waals surface area contributed by atoms with Crippen molar-refractivity contribution in [3.63, 3.8) is 0 Å². The fraction of sp³-hybridized carbons (Fsp3) is 0. The fourth-order valence-corrected chi connectivity index (χ4v) is 4.64. The summed E-state index contributed by atoms with van der Waals surface area (Å²) in [6, 6.07) is 7.53. The van der Waals surface area contributed by atoms with E-state index in [1.54, 1.807) is 6.07 Å². The van der Waals surface area contributed by atoms with Gasteiger partial charge in [-0.05, 0) is 30.3 Å². The quantitative estimate of drug-likeness (QED) is 0.412. The third-order valence-corrected chi connectivity index (χ3v) is 5.29. The maximum Gasteiger partial charge on any atom is 0.355 e. The third-order valence-electron chi connectivity index (χ3n) is 3.66. The Morgan fingerprint density at radius 2 is 1.19 bits per heavy atom. The summed E-state index contributed by atoms with van der Waals surface area (Å²) in [6.45, 7) is 0. The van der Waals surface area contributed by atoms with Crippen molar-refractivity contribution >= 4 is 75.6 Å². The first-order valence-electron chi connectivity index (χ1n) is 7.22. The molecule has 0 amide bonds. The van der Waals surface area contributed by atoms with Gasteiger partial charge in [-0.1, -0.05) is 69.6 Å². The predicted molar refractivity (Wildman–Crippen MR) is 112 cm³/mol. The number of aromatic carboxylic acids is 1. The summed E-state index contributed by atoms with van der Waals surface area (Å²) in [6.07, 6.45) is 1.35. The van der Waals surface area contributed by atoms with E-state index in [0.29, 0.717) is 21.2 Å². The van der Waals surface area contributed by atoms with E-state index in [4.69, 9.17) is 69.6 Å². The van der Waals surface area contributed by atoms with Gasteiger partial charge in [0.05, 0.1) is 20.1 Å². The first kappa shape index (κ1) is 20.5. The number of benzene rings is 2. The number of pyridine rings is 1. The molecular formula is C18H7Cl6NO2. The van der Waals surface area contributed by atoms with Crippen LogP contribution in [-0.2, 0) is 0 Å². The standard InChI is InChI=1S/C18H7Cl6NO2/c19-8-2-11(21)15(12(22)3-8)7-1-10(17(18(26)27)25-6-7)16-13(23)4-9(20)5-14(16)24/h1-6H,(H,26,27). The number of carboxylic acid groups (broad SMARTS) is 1. The van der Waals surface area contributed by atoms with Gasteiger partial charge >= 0.3 is 5.97 Å². The van der Waals surface area contributed by atoms with Crippen LogP contribution in [0.25, 0.3) is 22.3 Å². The van der Waals surface area contributed by atoms with Crippen LogP contribution in [0.3, 0.4) is 0 Å². The minimum absolute atomic E-state index is 0.183. The summed E-state index contributed by atoms with van der Waals surface area (Å²) in [4.78, 5) is 15.7. The molecule has 1 aromatic heterocycles. The summed E-state index contributed by atoms with van der Waals surface area (Å²) in [7, 11) is 0. The van der Waals surface area contributed by atoms with Crippen molar-refractivity contribution < 1.29 is 9.90 Å². The molecule has 2 aromatic carbocycles. The Labute approximate surface area is 184 Å². The van der Waals surface area contributed by atoms with Gasteiger partial charge in [-0.15, -0.1) is 0 Å². The zero-order valence-corrected chi connectivity index (χ0v) is 17.6. The second-order valence-electron chi connectivity index (χ2n) is 5.41. The van der Waals surface area contributed by atoms with E-state index in [1.807, 2.05) is 0 Å². The first-order chi connectivity index (χ1) is 12.7. The molecule has 1 heterocycles. The van der Waals surface area contributed by atoms with Gasteiger partial charge in [0, 0.05) is 38.5 Å². The first-order valence-corrected chi connectivity index (χ1v) is 9.49. The highest BCUT2D eigenvalue weighted by Gasteiger charge is 2.21. The molecule has 0 radical (unpaired) electrons. The van der Waals surface area contributed by atoms with Crippen molar-refractivity contribution in [2.24, 2.45) is 0 Å². The number of carboxylic acids is 1. The molecule has 3 rings (SSSR count). The monoisotopic (exact) mass is 479 g/mol. The van der Waals surface area contributed by atoms with Crippen LogP contribution in [-0.4, -0.2) is 16.1 Å². The second-order valence-corrected chi connectivity index (χ2v) is 7.92. The number of hydrogen-bond donors (Lipinski definition) is 1. The molecule has 0 fully saturated rings. The van der Waals surface area contributed by atoms with Gasteiger partial charge in [-0.2, -0.15) is 0 Å². The molecule has 0 aliphatic rings. The molecule has 1 N–H and O–H groups in total. The topological polar surface area (TPSA) is 50.2 Å². The summed E-state index contributed by atoms with van der Waals surface area (Å²) in [5, 5.41) is 11.2. The lowest BCUT2D eigenvalue weighted by atomic mass is 9.98. The van der Waals surface area contributed by atoms with E-state index in [2.05, 4.69) is 4.98 Å². The van der Waals surface area contributed by atoms with Crippen molar-refractivity contribution in [3.05, 3.63) is 72.4 Å². The van der Waals surface area contributed by atoms with Crippen molar-refractivity contribution in [2.45, 2.75) is 0 Å². The molecule has 0 atom stereocenters. The molecular weight excluding hydrogens is 475 g/mol. The minimum Gasteiger partial charge on any atom is -0.476 e. The van der Waals surface area contributed by atoms with Gasteiger partial charge in [0.2, 0.25) is 0 Å². The van der Waals surface area contributed by atoms with Gasteiger partial charge in [-0.25, -0.2) is 9.78 Å². The minimum atomic E-state index is -1.24. The van der Waals surface area contributed by atoms with Crippen LogP contribution in [0.5, 0.6) is 0 Å². The number of aromatic nitrogens is 1. The smallest absolute Gasteiger partial charge is 0.355 e. The Kier molecular flexibility index (Phi) is 6.11. The Morgan fingerprint density at radius 1 is 0.741 bits per heavy atom. The molecule has 9 heteroatoms. The largest absolute Gasteiger partial charge is 0.476 e. The lowest BCUT2D eigenvalue weighted by Gasteiger charge is -2.14. The van der Waals surface area contributed by atoms with E-state index in [1.165, 1.54) is 30.5 Å². The van der Waals surface area contributed by atoms with Gasteiger partial charge in [0.1, 0.15) is 0 Å². The lowest BCUT2D eigenvalue weighted by Crippen LogP contribution is -2.04. The highest BCUT2D eigenvalue weighted by molar-refractivity contribution is 6.43. The average molecular weight is 482 g/mol. The average Bonchev–Trinajstić information content (AvgIpc) is 2.52. The Balaban J connectivity index is 2.33. The molecule has 0 aliphatic heterocycles. The SMILES string of the molecule is O=C(O)c1ncc(-c2c(Cl)cc(Cl)cc2Cl)cc1-c1c(Cl)cc(Cl)cc1Cl. The van der Waals surface area contributed by atoms with Crippen LogP contribution < -0.4 is 0 Å². The highest BCUT2D eigenvalue weighted by Crippen LogP contribution is 2.42. The molecule has 3 aromatic rings. The normalized spacial score (nSPS) is 10.9. The maximum atomic E-state index is 11.7. The number of rotatable bonds is 3. The lowest BCUT2D eigenvalue weighted by molar-refractivity contribution is 0.0691. The van der Waals surface area contributed by atoms with Crippen LogP contribution in [0.4, 0.5) is 0 Å². The third kappa shape index (κ3) is 4.14. The second kappa shape index (κ2) is 8.04. The zero-order valence-electron chi connectivity index (χ0n) is 13.0. The van der Waals surface area contributed by atoms with Crippen molar-refractivity contribution in [3.8, 4) is 22.3 Å². The molecule has 3 nitrogen and oxygen atoms in total. The maximum absolute atomic E-state index is 11.7. The van der Waals surface area contributed by atoms with Crippen molar-refractivity contribution in [2.75, 3.05) is 0 Å². The Hall–Kier alpha value is -1.20. The van der Waals surface area contributed by atoms with E-state index in [9.17, 15) is 9.90 Å². The number of carbonyl (C=O) groups is 1. The summed E-state index contributed by atoms with van der Waals surface area (Å²) in [5.41, 5.74) is 1.19. The van der Waals surface area contributed by atoms with E-state index in [0.717, 1.165) is 0 Å². The molecule has 0 aliphatic carbocycles. The zero-order chi connectivity index (χ0) is 19.9. The molecule has 0 spiro atoms. The Morgan fingerprint density at radius 3 is 1.63 bits per heavy atom. The molecule has 0 bridgehead atoms. The molecule has 138 valence electrons. The van der Waals surface area contributed by atoms with Crippen LogP contribution in [0, 0.1) is 0 Å². The predicted octanol–water partition coefficient (Wildman–Crippen LogP) is 8.03.